The van der Waals surface area contributed by atoms with Crippen molar-refractivity contribution >= 4 is 23.9 Å². The first-order chi connectivity index (χ1) is 8.89. The van der Waals surface area contributed by atoms with Gasteiger partial charge < -0.3 is 9.31 Å². The van der Waals surface area contributed by atoms with Gasteiger partial charge in [-0.1, -0.05) is 0 Å². The quantitative estimate of drug-likeness (QED) is 0.783. The van der Waals surface area contributed by atoms with Crippen molar-refractivity contribution in [3.8, 4) is 5.00 Å². The van der Waals surface area contributed by atoms with Crippen LogP contribution >= 0.6 is 11.3 Å². The summed E-state index contributed by atoms with van der Waals surface area (Å²) in [6.07, 6.45) is 5.49. The van der Waals surface area contributed by atoms with Crippen LogP contribution in [0.4, 0.5) is 0 Å². The predicted molar refractivity (Wildman–Crippen MR) is 75.0 cm³/mol. The molecule has 1 saturated heterocycles. The van der Waals surface area contributed by atoms with Gasteiger partial charge in [0.25, 0.3) is 0 Å². The average molecular weight is 277 g/mol. The number of thiazole rings is 1. The fourth-order valence-electron chi connectivity index (χ4n) is 1.88. The Kier molecular flexibility index (Phi) is 2.81. The molecular formula is C12H16BN3O2S. The Hall–Kier alpha value is -1.18. The highest BCUT2D eigenvalue weighted by Gasteiger charge is 2.52. The van der Waals surface area contributed by atoms with Gasteiger partial charge in [0.15, 0.2) is 0 Å². The van der Waals surface area contributed by atoms with Crippen molar-refractivity contribution in [2.45, 2.75) is 38.9 Å². The zero-order chi connectivity index (χ0) is 13.7. The van der Waals surface area contributed by atoms with Crippen LogP contribution in [0.5, 0.6) is 0 Å². The number of hydrogen-bond acceptors (Lipinski definition) is 5. The minimum Gasteiger partial charge on any atom is -0.399 e. The topological polar surface area (TPSA) is 49.2 Å². The largest absolute Gasteiger partial charge is 0.498 e. The predicted octanol–water partition coefficient (Wildman–Crippen LogP) is 1.63. The third-order valence-corrected chi connectivity index (χ3v) is 4.53. The van der Waals surface area contributed by atoms with Crippen LogP contribution in [0.3, 0.4) is 0 Å². The lowest BCUT2D eigenvalue weighted by atomic mass is 9.82. The zero-order valence-corrected chi connectivity index (χ0v) is 12.3. The molecule has 7 heteroatoms. The number of hydrogen-bond donors (Lipinski definition) is 0. The summed E-state index contributed by atoms with van der Waals surface area (Å²) in [5.41, 5.74) is 2.05. The second-order valence-corrected chi connectivity index (χ2v) is 6.51. The van der Waals surface area contributed by atoms with Crippen LogP contribution in [0.15, 0.2) is 24.1 Å². The van der Waals surface area contributed by atoms with Gasteiger partial charge in [0.1, 0.15) is 5.00 Å². The molecule has 1 fully saturated rings. The van der Waals surface area contributed by atoms with E-state index in [1.54, 1.807) is 22.6 Å². The van der Waals surface area contributed by atoms with Crippen LogP contribution in [-0.2, 0) is 9.31 Å². The summed E-state index contributed by atoms with van der Waals surface area (Å²) in [6.45, 7) is 8.17. The Balaban J connectivity index is 1.85. The van der Waals surface area contributed by atoms with Crippen LogP contribution in [0, 0.1) is 0 Å². The maximum absolute atomic E-state index is 5.99. The highest BCUT2D eigenvalue weighted by molar-refractivity contribution is 7.12. The molecule has 3 rings (SSSR count). The first-order valence-electron chi connectivity index (χ1n) is 6.18. The van der Waals surface area contributed by atoms with Gasteiger partial charge in [-0.3, -0.25) is 4.98 Å². The zero-order valence-electron chi connectivity index (χ0n) is 11.5. The fraction of sp³-hybridized carbons (Fsp3) is 0.500. The molecule has 0 saturated carbocycles. The van der Waals surface area contributed by atoms with Crippen molar-refractivity contribution in [3.63, 3.8) is 0 Å². The third kappa shape index (κ3) is 2.11. The second-order valence-electron chi connectivity index (χ2n) is 5.65. The van der Waals surface area contributed by atoms with E-state index in [2.05, 4.69) is 10.1 Å². The van der Waals surface area contributed by atoms with Crippen molar-refractivity contribution in [2.75, 3.05) is 0 Å². The summed E-state index contributed by atoms with van der Waals surface area (Å²) in [7, 11) is -0.369. The molecule has 1 aliphatic heterocycles. The maximum Gasteiger partial charge on any atom is 0.498 e. The Labute approximate surface area is 116 Å². The summed E-state index contributed by atoms with van der Waals surface area (Å²) >= 11 is 1.54. The highest BCUT2D eigenvalue weighted by Crippen LogP contribution is 2.36. The van der Waals surface area contributed by atoms with Gasteiger partial charge >= 0.3 is 7.12 Å². The number of nitrogens with zero attached hydrogens (tertiary/aromatic N) is 3. The van der Waals surface area contributed by atoms with E-state index in [0.717, 1.165) is 10.5 Å². The standard InChI is InChI=1S/C12H16BN3O2S/c1-11(2)12(3,4)18-13(17-11)9-5-15-16(7-9)10-6-14-8-19-10/h5-8H,1-4H3. The molecule has 0 N–H and O–H groups in total. The molecule has 0 aliphatic carbocycles. The van der Waals surface area contributed by atoms with E-state index < -0.39 is 0 Å². The molecule has 3 heterocycles. The molecule has 1 aliphatic rings. The highest BCUT2D eigenvalue weighted by atomic mass is 32.1. The van der Waals surface area contributed by atoms with Gasteiger partial charge in [0.05, 0.1) is 22.9 Å². The van der Waals surface area contributed by atoms with Gasteiger partial charge in [-0.25, -0.2) is 4.68 Å². The molecular weight excluding hydrogens is 261 g/mol. The normalized spacial score (nSPS) is 20.9. The van der Waals surface area contributed by atoms with Gasteiger partial charge in [-0.2, -0.15) is 5.10 Å². The van der Waals surface area contributed by atoms with E-state index in [1.807, 2.05) is 33.9 Å². The van der Waals surface area contributed by atoms with Crippen molar-refractivity contribution < 1.29 is 9.31 Å². The van der Waals surface area contributed by atoms with Crippen LogP contribution in [0.25, 0.3) is 5.00 Å². The molecule has 0 amide bonds. The van der Waals surface area contributed by atoms with Gasteiger partial charge in [-0.15, -0.1) is 11.3 Å². The van der Waals surface area contributed by atoms with Crippen LogP contribution in [0.2, 0.25) is 0 Å². The van der Waals surface area contributed by atoms with E-state index in [9.17, 15) is 0 Å². The lowest BCUT2D eigenvalue weighted by molar-refractivity contribution is 0.00578. The van der Waals surface area contributed by atoms with Gasteiger partial charge in [-0.05, 0) is 27.7 Å². The average Bonchev–Trinajstić information content (AvgIpc) is 3.00. The Morgan fingerprint density at radius 2 is 1.84 bits per heavy atom. The SMILES string of the molecule is CC1(C)OB(c2cnn(-c3cncs3)c2)OC1(C)C. The first-order valence-corrected chi connectivity index (χ1v) is 7.06. The van der Waals surface area contributed by atoms with Gasteiger partial charge in [0.2, 0.25) is 0 Å². The van der Waals surface area contributed by atoms with Crippen LogP contribution < -0.4 is 5.46 Å². The minimum absolute atomic E-state index is 0.329. The van der Waals surface area contributed by atoms with E-state index in [-0.39, 0.29) is 18.3 Å². The molecule has 0 spiro atoms. The van der Waals surface area contributed by atoms with Crippen molar-refractivity contribution in [2.24, 2.45) is 0 Å². The van der Waals surface area contributed by atoms with Crippen molar-refractivity contribution in [3.05, 3.63) is 24.1 Å². The Morgan fingerprint density at radius 1 is 1.16 bits per heavy atom. The molecule has 0 aromatic carbocycles. The molecule has 100 valence electrons. The van der Waals surface area contributed by atoms with E-state index in [1.165, 1.54) is 11.3 Å². The van der Waals surface area contributed by atoms with Crippen molar-refractivity contribution in [1.82, 2.24) is 14.8 Å². The molecule has 0 unspecified atom stereocenters. The Morgan fingerprint density at radius 3 is 2.42 bits per heavy atom. The molecule has 2 aromatic rings. The van der Waals surface area contributed by atoms with Crippen molar-refractivity contribution in [1.29, 1.82) is 0 Å². The second kappa shape index (κ2) is 4.16. The summed E-state index contributed by atoms with van der Waals surface area (Å²) in [5.74, 6) is 0. The summed E-state index contributed by atoms with van der Waals surface area (Å²) in [4.78, 5) is 4.05. The third-order valence-electron chi connectivity index (χ3n) is 3.77. The van der Waals surface area contributed by atoms with E-state index in [0.29, 0.717) is 0 Å². The Bertz CT molecular complexity index is 564. The fourth-order valence-corrected chi connectivity index (χ4v) is 2.44. The molecule has 5 nitrogen and oxygen atoms in total. The molecule has 2 aromatic heterocycles. The monoisotopic (exact) mass is 277 g/mol. The van der Waals surface area contributed by atoms with E-state index in [4.69, 9.17) is 9.31 Å². The summed E-state index contributed by atoms with van der Waals surface area (Å²) < 4.78 is 13.8. The molecule has 0 radical (unpaired) electrons. The van der Waals surface area contributed by atoms with Gasteiger partial charge in [0, 0.05) is 17.9 Å². The lowest BCUT2D eigenvalue weighted by Crippen LogP contribution is -2.41. The van der Waals surface area contributed by atoms with E-state index >= 15 is 0 Å². The first kappa shape index (κ1) is 12.8. The summed E-state index contributed by atoms with van der Waals surface area (Å²) in [6, 6.07) is 0. The molecule has 0 atom stereocenters. The molecule has 0 bridgehead atoms. The number of rotatable bonds is 2. The smallest absolute Gasteiger partial charge is 0.399 e. The molecule has 19 heavy (non-hydrogen) atoms. The maximum atomic E-state index is 5.99. The summed E-state index contributed by atoms with van der Waals surface area (Å²) in [5, 5.41) is 5.30. The van der Waals surface area contributed by atoms with Crippen LogP contribution in [-0.4, -0.2) is 33.1 Å². The minimum atomic E-state index is -0.369. The lowest BCUT2D eigenvalue weighted by Gasteiger charge is -2.32. The number of aromatic nitrogens is 3. The van der Waals surface area contributed by atoms with Crippen LogP contribution in [0.1, 0.15) is 27.7 Å².